The fraction of sp³-hybridized carbons (Fsp3) is 0.667. The molecule has 0 aliphatic heterocycles. The van der Waals surface area contributed by atoms with Gasteiger partial charge in [0, 0.05) is 18.8 Å². The van der Waals surface area contributed by atoms with Crippen molar-refractivity contribution in [1.82, 2.24) is 15.2 Å². The van der Waals surface area contributed by atoms with Crippen LogP contribution in [0.2, 0.25) is 0 Å². The predicted molar refractivity (Wildman–Crippen MR) is 77.6 cm³/mol. The third-order valence-electron chi connectivity index (χ3n) is 3.35. The Labute approximate surface area is 112 Å². The summed E-state index contributed by atoms with van der Waals surface area (Å²) >= 11 is 0. The first-order chi connectivity index (χ1) is 8.77. The number of rotatable bonds is 9. The predicted octanol–water partition coefficient (Wildman–Crippen LogP) is 2.68. The molecule has 0 radical (unpaired) electrons. The molecule has 0 aromatic carbocycles. The smallest absolute Gasteiger partial charge is 0.0544 e. The average molecular weight is 249 g/mol. The highest BCUT2D eigenvalue weighted by Crippen LogP contribution is 2.10. The Hall–Kier alpha value is -0.930. The van der Waals surface area contributed by atoms with Crippen molar-refractivity contribution >= 4 is 0 Å². The van der Waals surface area contributed by atoms with Crippen molar-refractivity contribution in [3.05, 3.63) is 30.1 Å². The van der Waals surface area contributed by atoms with E-state index >= 15 is 0 Å². The highest BCUT2D eigenvalue weighted by Gasteiger charge is 2.12. The lowest BCUT2D eigenvalue weighted by Gasteiger charge is -2.27. The van der Waals surface area contributed by atoms with E-state index in [1.165, 1.54) is 12.8 Å². The minimum atomic E-state index is 0.621. The molecule has 0 aliphatic carbocycles. The first-order valence-corrected chi connectivity index (χ1v) is 7.12. The van der Waals surface area contributed by atoms with Crippen molar-refractivity contribution in [2.75, 3.05) is 19.6 Å². The zero-order valence-corrected chi connectivity index (χ0v) is 12.0. The van der Waals surface area contributed by atoms with Gasteiger partial charge in [-0.1, -0.05) is 19.9 Å². The highest BCUT2D eigenvalue weighted by atomic mass is 15.1. The summed E-state index contributed by atoms with van der Waals surface area (Å²) in [5, 5.41) is 3.38. The zero-order valence-electron chi connectivity index (χ0n) is 12.0. The van der Waals surface area contributed by atoms with Gasteiger partial charge in [-0.25, -0.2) is 0 Å². The van der Waals surface area contributed by atoms with E-state index in [4.69, 9.17) is 0 Å². The maximum absolute atomic E-state index is 4.40. The van der Waals surface area contributed by atoms with E-state index in [0.717, 1.165) is 31.9 Å². The monoisotopic (exact) mass is 249 g/mol. The van der Waals surface area contributed by atoms with Crippen LogP contribution in [0, 0.1) is 0 Å². The van der Waals surface area contributed by atoms with Crippen LogP contribution in [-0.4, -0.2) is 35.6 Å². The molecular formula is C15H27N3. The second-order valence-corrected chi connectivity index (χ2v) is 4.73. The van der Waals surface area contributed by atoms with Gasteiger partial charge in [-0.3, -0.25) is 9.88 Å². The Balaban J connectivity index is 2.35. The molecule has 18 heavy (non-hydrogen) atoms. The van der Waals surface area contributed by atoms with Gasteiger partial charge in [0.1, 0.15) is 0 Å². The molecule has 0 spiro atoms. The fourth-order valence-corrected chi connectivity index (χ4v) is 2.16. The van der Waals surface area contributed by atoms with Crippen molar-refractivity contribution in [2.45, 2.75) is 46.2 Å². The molecular weight excluding hydrogens is 222 g/mol. The number of nitrogens with zero attached hydrogens (tertiary/aromatic N) is 2. The first kappa shape index (κ1) is 15.1. The summed E-state index contributed by atoms with van der Waals surface area (Å²) in [5.41, 5.74) is 1.16. The summed E-state index contributed by atoms with van der Waals surface area (Å²) in [6, 6.07) is 6.76. The Bertz CT molecular complexity index is 300. The molecule has 1 unspecified atom stereocenters. The van der Waals surface area contributed by atoms with Crippen molar-refractivity contribution in [2.24, 2.45) is 0 Å². The molecule has 1 rings (SSSR count). The number of pyridine rings is 1. The van der Waals surface area contributed by atoms with E-state index < -0.39 is 0 Å². The molecule has 0 saturated carbocycles. The topological polar surface area (TPSA) is 28.2 Å². The summed E-state index contributed by atoms with van der Waals surface area (Å²) in [5.74, 6) is 0. The van der Waals surface area contributed by atoms with Crippen LogP contribution in [0.3, 0.4) is 0 Å². The molecule has 3 heteroatoms. The third-order valence-corrected chi connectivity index (χ3v) is 3.35. The third kappa shape index (κ3) is 5.61. The lowest BCUT2D eigenvalue weighted by Crippen LogP contribution is -2.33. The molecule has 1 aromatic rings. The van der Waals surface area contributed by atoms with E-state index in [1.54, 1.807) is 0 Å². The normalized spacial score (nSPS) is 12.9. The van der Waals surface area contributed by atoms with Gasteiger partial charge >= 0.3 is 0 Å². The van der Waals surface area contributed by atoms with Crippen LogP contribution in [0.4, 0.5) is 0 Å². The van der Waals surface area contributed by atoms with Crippen molar-refractivity contribution in [1.29, 1.82) is 0 Å². The zero-order chi connectivity index (χ0) is 13.2. The van der Waals surface area contributed by atoms with Gasteiger partial charge in [0.2, 0.25) is 0 Å². The van der Waals surface area contributed by atoms with Crippen molar-refractivity contribution in [3.8, 4) is 0 Å². The molecule has 1 heterocycles. The summed E-state index contributed by atoms with van der Waals surface area (Å²) in [7, 11) is 0. The van der Waals surface area contributed by atoms with Gasteiger partial charge in [0.25, 0.3) is 0 Å². The SMILES string of the molecule is CCNCCCC(C)N(CC)Cc1ccccn1. The lowest BCUT2D eigenvalue weighted by atomic mass is 10.1. The van der Waals surface area contributed by atoms with Crippen molar-refractivity contribution < 1.29 is 0 Å². The van der Waals surface area contributed by atoms with Gasteiger partial charge in [-0.2, -0.15) is 0 Å². The van der Waals surface area contributed by atoms with E-state index in [9.17, 15) is 0 Å². The summed E-state index contributed by atoms with van der Waals surface area (Å²) in [6.45, 7) is 10.9. The Morgan fingerprint density at radius 2 is 2.17 bits per heavy atom. The van der Waals surface area contributed by atoms with Crippen LogP contribution >= 0.6 is 0 Å². The van der Waals surface area contributed by atoms with E-state index in [0.29, 0.717) is 6.04 Å². The summed E-state index contributed by atoms with van der Waals surface area (Å²) in [6.07, 6.45) is 4.36. The largest absolute Gasteiger partial charge is 0.317 e. The van der Waals surface area contributed by atoms with E-state index in [2.05, 4.69) is 48.1 Å². The van der Waals surface area contributed by atoms with Crippen molar-refractivity contribution in [3.63, 3.8) is 0 Å². The Morgan fingerprint density at radius 3 is 2.78 bits per heavy atom. The maximum atomic E-state index is 4.40. The highest BCUT2D eigenvalue weighted by molar-refractivity contribution is 5.03. The van der Waals surface area contributed by atoms with Crippen LogP contribution < -0.4 is 5.32 Å². The molecule has 102 valence electrons. The second kappa shape index (κ2) is 9.06. The van der Waals surface area contributed by atoms with Gasteiger partial charge in [-0.15, -0.1) is 0 Å². The molecule has 0 fully saturated rings. The quantitative estimate of drug-likeness (QED) is 0.682. The summed E-state index contributed by atoms with van der Waals surface area (Å²) < 4.78 is 0. The van der Waals surface area contributed by atoms with Crippen LogP contribution in [0.25, 0.3) is 0 Å². The number of hydrogen-bond acceptors (Lipinski definition) is 3. The molecule has 1 atom stereocenters. The van der Waals surface area contributed by atoms with Gasteiger partial charge in [0.05, 0.1) is 5.69 Å². The van der Waals surface area contributed by atoms with Crippen LogP contribution in [0.1, 0.15) is 39.3 Å². The first-order valence-electron chi connectivity index (χ1n) is 7.12. The molecule has 3 nitrogen and oxygen atoms in total. The summed E-state index contributed by atoms with van der Waals surface area (Å²) in [4.78, 5) is 6.90. The average Bonchev–Trinajstić information content (AvgIpc) is 2.42. The van der Waals surface area contributed by atoms with Gasteiger partial charge < -0.3 is 5.32 Å². The van der Waals surface area contributed by atoms with Gasteiger partial charge in [-0.05, 0) is 51.5 Å². The minimum Gasteiger partial charge on any atom is -0.317 e. The minimum absolute atomic E-state index is 0.621. The standard InChI is InChI=1S/C15H27N3/c1-4-16-11-8-9-14(3)18(5-2)13-15-10-6-7-12-17-15/h6-7,10,12,14,16H,4-5,8-9,11,13H2,1-3H3. The number of aromatic nitrogens is 1. The molecule has 0 bridgehead atoms. The van der Waals surface area contributed by atoms with E-state index in [-0.39, 0.29) is 0 Å². The lowest BCUT2D eigenvalue weighted by molar-refractivity contribution is 0.196. The number of nitrogens with one attached hydrogen (secondary N) is 1. The molecule has 1 N–H and O–H groups in total. The fourth-order valence-electron chi connectivity index (χ4n) is 2.16. The molecule has 1 aromatic heterocycles. The second-order valence-electron chi connectivity index (χ2n) is 4.73. The maximum Gasteiger partial charge on any atom is 0.0544 e. The Morgan fingerprint density at radius 1 is 1.33 bits per heavy atom. The number of hydrogen-bond donors (Lipinski definition) is 1. The van der Waals surface area contributed by atoms with Crippen LogP contribution in [0.15, 0.2) is 24.4 Å². The van der Waals surface area contributed by atoms with Crippen LogP contribution in [-0.2, 0) is 6.54 Å². The molecule has 0 amide bonds. The molecule has 0 saturated heterocycles. The Kier molecular flexibility index (Phi) is 7.62. The van der Waals surface area contributed by atoms with Crippen LogP contribution in [0.5, 0.6) is 0 Å². The molecule has 0 aliphatic rings. The van der Waals surface area contributed by atoms with E-state index in [1.807, 2.05) is 12.3 Å². The van der Waals surface area contributed by atoms with Gasteiger partial charge in [0.15, 0.2) is 0 Å².